The summed E-state index contributed by atoms with van der Waals surface area (Å²) in [6.45, 7) is 0.277. The van der Waals surface area contributed by atoms with Gasteiger partial charge in [0.1, 0.15) is 6.10 Å². The first-order valence-corrected chi connectivity index (χ1v) is 5.22. The number of aromatic nitrogens is 1. The Hall–Kier alpha value is -1.18. The molecule has 102 valence electrons. The topological polar surface area (TPSA) is 51.6 Å². The van der Waals surface area contributed by atoms with Crippen LogP contribution >= 0.6 is 0 Å². The monoisotopic (exact) mass is 265 g/mol. The molecule has 0 bridgehead atoms. The maximum Gasteiger partial charge on any atom is 0.416 e. The lowest BCUT2D eigenvalue weighted by Gasteiger charge is -2.16. The molecule has 1 unspecified atom stereocenters. The van der Waals surface area contributed by atoms with E-state index in [-0.39, 0.29) is 18.8 Å². The lowest BCUT2D eigenvalue weighted by atomic mass is 10.1. The third kappa shape index (κ3) is 4.25. The summed E-state index contributed by atoms with van der Waals surface area (Å²) in [7, 11) is 1.47. The molecule has 18 heavy (non-hydrogen) atoms. The SMILES string of the molecule is COCCOCC(O)c1cnccc1C(F)(F)F. The highest BCUT2D eigenvalue weighted by atomic mass is 19.4. The van der Waals surface area contributed by atoms with E-state index in [1.54, 1.807) is 0 Å². The molecule has 0 aliphatic carbocycles. The van der Waals surface area contributed by atoms with E-state index < -0.39 is 17.8 Å². The first-order valence-electron chi connectivity index (χ1n) is 5.22. The van der Waals surface area contributed by atoms with Gasteiger partial charge in [0.2, 0.25) is 0 Å². The van der Waals surface area contributed by atoms with Gasteiger partial charge in [-0.3, -0.25) is 4.98 Å². The van der Waals surface area contributed by atoms with Crippen LogP contribution in [-0.2, 0) is 15.7 Å². The summed E-state index contributed by atoms with van der Waals surface area (Å²) in [6, 6.07) is 0.827. The number of ether oxygens (including phenoxy) is 2. The summed E-state index contributed by atoms with van der Waals surface area (Å²) in [6.07, 6.45) is -3.86. The zero-order valence-electron chi connectivity index (χ0n) is 9.78. The molecule has 0 aliphatic rings. The van der Waals surface area contributed by atoms with Crippen LogP contribution in [0.1, 0.15) is 17.2 Å². The number of halogens is 3. The summed E-state index contributed by atoms with van der Waals surface area (Å²) in [5, 5.41) is 9.66. The first-order chi connectivity index (χ1) is 8.46. The van der Waals surface area contributed by atoms with Crippen LogP contribution in [0.3, 0.4) is 0 Å². The van der Waals surface area contributed by atoms with Crippen molar-refractivity contribution in [2.45, 2.75) is 12.3 Å². The van der Waals surface area contributed by atoms with Gasteiger partial charge in [-0.2, -0.15) is 13.2 Å². The van der Waals surface area contributed by atoms with E-state index in [1.807, 2.05) is 0 Å². The Morgan fingerprint density at radius 2 is 2.11 bits per heavy atom. The molecular weight excluding hydrogens is 251 g/mol. The maximum absolute atomic E-state index is 12.7. The molecule has 1 rings (SSSR count). The molecular formula is C11H14F3NO3. The lowest BCUT2D eigenvalue weighted by molar-refractivity contribution is -0.139. The minimum absolute atomic E-state index is 0.204. The molecule has 0 spiro atoms. The summed E-state index contributed by atoms with van der Waals surface area (Å²) in [5.74, 6) is 0. The predicted molar refractivity (Wildman–Crippen MR) is 56.9 cm³/mol. The molecule has 1 aromatic heterocycles. The number of aliphatic hydroxyl groups is 1. The smallest absolute Gasteiger partial charge is 0.386 e. The zero-order chi connectivity index (χ0) is 13.6. The van der Waals surface area contributed by atoms with Gasteiger partial charge in [0.25, 0.3) is 0 Å². The Bertz CT molecular complexity index is 371. The Balaban J connectivity index is 2.70. The van der Waals surface area contributed by atoms with Gasteiger partial charge in [0.05, 0.1) is 25.4 Å². The molecule has 1 N–H and O–H groups in total. The van der Waals surface area contributed by atoms with Crippen LogP contribution in [-0.4, -0.2) is 37.0 Å². The van der Waals surface area contributed by atoms with Crippen molar-refractivity contribution in [3.63, 3.8) is 0 Å². The van der Waals surface area contributed by atoms with Gasteiger partial charge in [-0.05, 0) is 6.07 Å². The standard InChI is InChI=1S/C11H14F3NO3/c1-17-4-5-18-7-10(16)8-6-15-3-2-9(8)11(12,13)14/h2-3,6,10,16H,4-5,7H2,1H3. The van der Waals surface area contributed by atoms with E-state index >= 15 is 0 Å². The molecule has 1 atom stereocenters. The third-order valence-electron chi connectivity index (χ3n) is 2.22. The van der Waals surface area contributed by atoms with Crippen molar-refractivity contribution in [2.75, 3.05) is 26.9 Å². The highest BCUT2D eigenvalue weighted by Crippen LogP contribution is 2.33. The molecule has 0 saturated heterocycles. The highest BCUT2D eigenvalue weighted by molar-refractivity contribution is 5.28. The Labute approximate surface area is 102 Å². The van der Waals surface area contributed by atoms with Crippen molar-refractivity contribution < 1.29 is 27.8 Å². The fraction of sp³-hybridized carbons (Fsp3) is 0.545. The van der Waals surface area contributed by atoms with Crippen LogP contribution in [0.2, 0.25) is 0 Å². The van der Waals surface area contributed by atoms with Crippen molar-refractivity contribution >= 4 is 0 Å². The largest absolute Gasteiger partial charge is 0.416 e. The molecule has 4 nitrogen and oxygen atoms in total. The van der Waals surface area contributed by atoms with Gasteiger partial charge in [-0.1, -0.05) is 0 Å². The van der Waals surface area contributed by atoms with Crippen LogP contribution in [0.4, 0.5) is 13.2 Å². The van der Waals surface area contributed by atoms with Crippen LogP contribution < -0.4 is 0 Å². The fourth-order valence-electron chi connectivity index (χ4n) is 1.36. The number of nitrogens with zero attached hydrogens (tertiary/aromatic N) is 1. The molecule has 0 aliphatic heterocycles. The van der Waals surface area contributed by atoms with E-state index in [2.05, 4.69) is 4.98 Å². The predicted octanol–water partition coefficient (Wildman–Crippen LogP) is 1.80. The minimum atomic E-state index is -4.52. The molecule has 0 amide bonds. The van der Waals surface area contributed by atoms with E-state index in [0.717, 1.165) is 18.5 Å². The average molecular weight is 265 g/mol. The number of aliphatic hydroxyl groups excluding tert-OH is 1. The van der Waals surface area contributed by atoms with Gasteiger partial charge in [-0.25, -0.2) is 0 Å². The van der Waals surface area contributed by atoms with Crippen molar-refractivity contribution in [2.24, 2.45) is 0 Å². The van der Waals surface area contributed by atoms with Crippen LogP contribution in [0.5, 0.6) is 0 Å². The van der Waals surface area contributed by atoms with Gasteiger partial charge >= 0.3 is 6.18 Å². The van der Waals surface area contributed by atoms with Gasteiger partial charge in [0, 0.05) is 25.1 Å². The van der Waals surface area contributed by atoms with Gasteiger partial charge in [0.15, 0.2) is 0 Å². The van der Waals surface area contributed by atoms with Crippen molar-refractivity contribution in [3.05, 3.63) is 29.6 Å². The van der Waals surface area contributed by atoms with Gasteiger partial charge in [-0.15, -0.1) is 0 Å². The molecule has 0 fully saturated rings. The number of rotatable bonds is 6. The highest BCUT2D eigenvalue weighted by Gasteiger charge is 2.34. The Kier molecular flexibility index (Phi) is 5.52. The maximum atomic E-state index is 12.7. The summed E-state index contributed by atoms with van der Waals surface area (Å²) >= 11 is 0. The van der Waals surface area contributed by atoms with E-state index in [4.69, 9.17) is 9.47 Å². The van der Waals surface area contributed by atoms with Crippen LogP contribution in [0, 0.1) is 0 Å². The lowest BCUT2D eigenvalue weighted by Crippen LogP contribution is -2.16. The summed E-state index contributed by atoms with van der Waals surface area (Å²) < 4.78 is 47.7. The zero-order valence-corrected chi connectivity index (χ0v) is 9.78. The van der Waals surface area contributed by atoms with E-state index in [0.29, 0.717) is 6.61 Å². The first kappa shape index (κ1) is 14.9. The van der Waals surface area contributed by atoms with Crippen LogP contribution in [0.15, 0.2) is 18.5 Å². The second kappa shape index (κ2) is 6.67. The molecule has 0 aromatic carbocycles. The Morgan fingerprint density at radius 1 is 1.39 bits per heavy atom. The van der Waals surface area contributed by atoms with E-state index in [1.165, 1.54) is 7.11 Å². The molecule has 1 heterocycles. The van der Waals surface area contributed by atoms with Crippen molar-refractivity contribution in [1.82, 2.24) is 4.98 Å². The average Bonchev–Trinajstić information content (AvgIpc) is 2.33. The molecule has 1 aromatic rings. The van der Waals surface area contributed by atoms with Crippen LogP contribution in [0.25, 0.3) is 0 Å². The Morgan fingerprint density at radius 3 is 2.72 bits per heavy atom. The summed E-state index contributed by atoms with van der Waals surface area (Å²) in [5.41, 5.74) is -1.19. The van der Waals surface area contributed by atoms with Crippen molar-refractivity contribution in [3.8, 4) is 0 Å². The fourth-order valence-corrected chi connectivity index (χ4v) is 1.36. The second-order valence-electron chi connectivity index (χ2n) is 3.54. The molecule has 7 heteroatoms. The quantitative estimate of drug-likeness (QED) is 0.797. The number of methoxy groups -OCH3 is 1. The third-order valence-corrected chi connectivity index (χ3v) is 2.22. The molecule has 0 radical (unpaired) electrons. The number of pyridine rings is 1. The number of alkyl halides is 3. The van der Waals surface area contributed by atoms with Gasteiger partial charge < -0.3 is 14.6 Å². The van der Waals surface area contributed by atoms with E-state index in [9.17, 15) is 18.3 Å². The normalized spacial score (nSPS) is 13.6. The summed E-state index contributed by atoms with van der Waals surface area (Å²) in [4.78, 5) is 3.58. The number of hydrogen-bond acceptors (Lipinski definition) is 4. The second-order valence-corrected chi connectivity index (χ2v) is 3.54. The minimum Gasteiger partial charge on any atom is -0.386 e. The molecule has 0 saturated carbocycles. The number of hydrogen-bond donors (Lipinski definition) is 1. The van der Waals surface area contributed by atoms with Crippen molar-refractivity contribution in [1.29, 1.82) is 0 Å².